The SMILES string of the molecule is CC(=O)OC[C@H]1OC(C(C)C(=O)Nc2ccc(C(=O)O)c(OC(C)=O)c2)[C@H](OC(C)=O)[C@@H](OC(C)=O)[C@@H]1OC(C)=O. The van der Waals surface area contributed by atoms with Gasteiger partial charge in [-0.1, -0.05) is 6.92 Å². The zero-order valence-corrected chi connectivity index (χ0v) is 23.2. The normalized spacial score (nSPS) is 22.3. The van der Waals surface area contributed by atoms with Crippen LogP contribution in [0.15, 0.2) is 18.2 Å². The second-order valence-electron chi connectivity index (χ2n) is 9.05. The van der Waals surface area contributed by atoms with E-state index in [-0.39, 0.29) is 17.0 Å². The summed E-state index contributed by atoms with van der Waals surface area (Å²) in [4.78, 5) is 83.6. The van der Waals surface area contributed by atoms with Crippen LogP contribution in [0.3, 0.4) is 0 Å². The third-order valence-corrected chi connectivity index (χ3v) is 5.67. The molecule has 0 radical (unpaired) electrons. The molecule has 2 rings (SSSR count). The molecule has 1 aromatic rings. The summed E-state index contributed by atoms with van der Waals surface area (Å²) in [6, 6.07) is 3.51. The van der Waals surface area contributed by atoms with Crippen molar-refractivity contribution in [2.75, 3.05) is 11.9 Å². The Bertz CT molecular complexity index is 1210. The highest BCUT2D eigenvalue weighted by molar-refractivity contribution is 5.96. The van der Waals surface area contributed by atoms with E-state index in [9.17, 15) is 38.7 Å². The van der Waals surface area contributed by atoms with E-state index in [0.29, 0.717) is 0 Å². The Kier molecular flexibility index (Phi) is 11.3. The predicted molar refractivity (Wildman–Crippen MR) is 134 cm³/mol. The summed E-state index contributed by atoms with van der Waals surface area (Å²) in [6.07, 6.45) is -6.88. The van der Waals surface area contributed by atoms with Gasteiger partial charge in [0.25, 0.3) is 0 Å². The maximum atomic E-state index is 13.3. The van der Waals surface area contributed by atoms with Gasteiger partial charge >= 0.3 is 35.8 Å². The van der Waals surface area contributed by atoms with Gasteiger partial charge < -0.3 is 38.8 Å². The van der Waals surface area contributed by atoms with Crippen LogP contribution in [0.4, 0.5) is 5.69 Å². The molecular weight excluding hydrogens is 550 g/mol. The number of aromatic carboxylic acids is 1. The van der Waals surface area contributed by atoms with E-state index in [2.05, 4.69) is 5.32 Å². The van der Waals surface area contributed by atoms with E-state index in [1.54, 1.807) is 0 Å². The van der Waals surface area contributed by atoms with Crippen molar-refractivity contribution in [1.82, 2.24) is 0 Å². The number of carboxylic acids is 1. The largest absolute Gasteiger partial charge is 0.478 e. The first-order chi connectivity index (χ1) is 19.1. The second-order valence-corrected chi connectivity index (χ2v) is 9.05. The van der Waals surface area contributed by atoms with E-state index in [4.69, 9.17) is 28.4 Å². The fraction of sp³-hybridized carbons (Fsp3) is 0.500. The van der Waals surface area contributed by atoms with E-state index < -0.39 is 84.8 Å². The van der Waals surface area contributed by atoms with Crippen LogP contribution < -0.4 is 10.1 Å². The van der Waals surface area contributed by atoms with Gasteiger partial charge in [0.1, 0.15) is 30.1 Å². The summed E-state index contributed by atoms with van der Waals surface area (Å²) in [5.41, 5.74) is -0.278. The minimum Gasteiger partial charge on any atom is -0.478 e. The van der Waals surface area contributed by atoms with Crippen LogP contribution in [0.5, 0.6) is 5.75 Å². The number of nitrogens with one attached hydrogen (secondary N) is 1. The Morgan fingerprint density at radius 3 is 1.90 bits per heavy atom. The number of rotatable bonds is 10. The lowest BCUT2D eigenvalue weighted by atomic mass is 9.87. The van der Waals surface area contributed by atoms with Crippen molar-refractivity contribution in [1.29, 1.82) is 0 Å². The lowest BCUT2D eigenvalue weighted by Gasteiger charge is -2.45. The van der Waals surface area contributed by atoms with Crippen LogP contribution in [0.1, 0.15) is 51.9 Å². The Morgan fingerprint density at radius 2 is 1.39 bits per heavy atom. The third kappa shape index (κ3) is 9.27. The van der Waals surface area contributed by atoms with Gasteiger partial charge in [-0.25, -0.2) is 4.79 Å². The van der Waals surface area contributed by atoms with Gasteiger partial charge in [0.05, 0.1) is 5.92 Å². The van der Waals surface area contributed by atoms with Gasteiger partial charge in [0.2, 0.25) is 5.91 Å². The highest BCUT2D eigenvalue weighted by atomic mass is 16.7. The number of benzene rings is 1. The van der Waals surface area contributed by atoms with Crippen molar-refractivity contribution in [3.05, 3.63) is 23.8 Å². The number of hydrogen-bond donors (Lipinski definition) is 2. The molecule has 1 aliphatic rings. The van der Waals surface area contributed by atoms with Gasteiger partial charge in [-0.15, -0.1) is 0 Å². The standard InChI is InChI=1S/C26H31NO14/c1-11(25(33)27-17-7-8-18(26(34)35)19(9-17)37-13(3)29)21-23(39-15(5)31)24(40-16(6)32)22(38-14(4)30)20(41-21)10-36-12(2)28/h7-9,11,20-24H,10H2,1-6H3,(H,27,33)(H,34,35)/t11?,20-,21?,22-,23+,24+/m1/s1. The first kappa shape index (κ1) is 32.7. The molecule has 15 nitrogen and oxygen atoms in total. The molecule has 15 heteroatoms. The molecule has 0 aliphatic carbocycles. The van der Waals surface area contributed by atoms with Gasteiger partial charge in [-0.2, -0.15) is 0 Å². The van der Waals surface area contributed by atoms with Crippen LogP contribution in [-0.2, 0) is 52.5 Å². The molecule has 1 amide bonds. The summed E-state index contributed by atoms with van der Waals surface area (Å²) in [6.45, 7) is 6.35. The molecule has 0 bridgehead atoms. The maximum absolute atomic E-state index is 13.3. The lowest BCUT2D eigenvalue weighted by Crippen LogP contribution is -2.64. The summed E-state index contributed by atoms with van der Waals surface area (Å²) in [5, 5.41) is 11.9. The predicted octanol–water partition coefficient (Wildman–Crippen LogP) is 1.01. The van der Waals surface area contributed by atoms with Gasteiger partial charge in [-0.05, 0) is 12.1 Å². The fourth-order valence-electron chi connectivity index (χ4n) is 4.09. The second kappa shape index (κ2) is 14.2. The van der Waals surface area contributed by atoms with Crippen molar-refractivity contribution in [2.45, 2.75) is 72.1 Å². The minimum atomic E-state index is -1.46. The highest BCUT2D eigenvalue weighted by Crippen LogP contribution is 2.33. The summed E-state index contributed by atoms with van der Waals surface area (Å²) >= 11 is 0. The molecule has 1 aromatic carbocycles. The van der Waals surface area contributed by atoms with Crippen molar-refractivity contribution in [3.63, 3.8) is 0 Å². The number of anilines is 1. The number of carbonyl (C=O) groups is 7. The Balaban J connectivity index is 2.48. The smallest absolute Gasteiger partial charge is 0.339 e. The molecule has 6 atom stereocenters. The van der Waals surface area contributed by atoms with Crippen LogP contribution in [0, 0.1) is 5.92 Å². The molecule has 2 unspecified atom stereocenters. The first-order valence-corrected chi connectivity index (χ1v) is 12.3. The number of amides is 1. The molecule has 1 saturated heterocycles. The highest BCUT2D eigenvalue weighted by Gasteiger charge is 2.54. The van der Waals surface area contributed by atoms with Crippen LogP contribution >= 0.6 is 0 Å². The molecule has 1 aliphatic heterocycles. The zero-order chi connectivity index (χ0) is 31.0. The molecule has 0 aromatic heterocycles. The Hall–Kier alpha value is -4.53. The molecule has 0 saturated carbocycles. The van der Waals surface area contributed by atoms with Crippen molar-refractivity contribution in [2.24, 2.45) is 5.92 Å². The van der Waals surface area contributed by atoms with E-state index in [1.807, 2.05) is 0 Å². The Morgan fingerprint density at radius 1 is 0.829 bits per heavy atom. The number of hydrogen-bond acceptors (Lipinski definition) is 13. The molecule has 2 N–H and O–H groups in total. The van der Waals surface area contributed by atoms with E-state index in [0.717, 1.165) is 46.8 Å². The van der Waals surface area contributed by atoms with Crippen molar-refractivity contribution < 1.29 is 67.1 Å². The van der Waals surface area contributed by atoms with Crippen molar-refractivity contribution in [3.8, 4) is 5.75 Å². The maximum Gasteiger partial charge on any atom is 0.339 e. The summed E-state index contributed by atoms with van der Waals surface area (Å²) < 4.78 is 32.0. The monoisotopic (exact) mass is 581 g/mol. The topological polar surface area (TPSA) is 207 Å². The van der Waals surface area contributed by atoms with Crippen LogP contribution in [0.2, 0.25) is 0 Å². The molecule has 1 fully saturated rings. The van der Waals surface area contributed by atoms with Crippen LogP contribution in [0.25, 0.3) is 0 Å². The number of carboxylic acid groups (broad SMARTS) is 1. The number of esters is 5. The molecular formula is C26H31NO14. The lowest BCUT2D eigenvalue weighted by molar-refractivity contribution is -0.258. The summed E-state index contributed by atoms with van der Waals surface area (Å²) in [7, 11) is 0. The quantitative estimate of drug-likeness (QED) is 0.225. The molecule has 0 spiro atoms. The minimum absolute atomic E-state index is 0.0498. The summed E-state index contributed by atoms with van der Waals surface area (Å²) in [5.74, 6) is -7.54. The van der Waals surface area contributed by atoms with Gasteiger partial charge in [0.15, 0.2) is 18.3 Å². The zero-order valence-electron chi connectivity index (χ0n) is 23.2. The molecule has 1 heterocycles. The molecule has 41 heavy (non-hydrogen) atoms. The van der Waals surface area contributed by atoms with Crippen LogP contribution in [-0.4, -0.2) is 84.0 Å². The number of ether oxygens (including phenoxy) is 6. The Labute approximate surface area is 234 Å². The molecule has 224 valence electrons. The number of carbonyl (C=O) groups excluding carboxylic acids is 6. The van der Waals surface area contributed by atoms with Gasteiger partial charge in [-0.3, -0.25) is 28.8 Å². The van der Waals surface area contributed by atoms with E-state index >= 15 is 0 Å². The van der Waals surface area contributed by atoms with E-state index in [1.165, 1.54) is 13.0 Å². The third-order valence-electron chi connectivity index (χ3n) is 5.67. The fourth-order valence-corrected chi connectivity index (χ4v) is 4.09. The first-order valence-electron chi connectivity index (χ1n) is 12.3. The average molecular weight is 582 g/mol. The van der Waals surface area contributed by atoms with Gasteiger partial charge in [0, 0.05) is 46.4 Å². The average Bonchev–Trinajstić information content (AvgIpc) is 2.83. The van der Waals surface area contributed by atoms with Crippen molar-refractivity contribution >= 4 is 47.4 Å².